The molecule has 2 aliphatic heterocycles. The summed E-state index contributed by atoms with van der Waals surface area (Å²) in [6.07, 6.45) is 5.06. The van der Waals surface area contributed by atoms with E-state index in [9.17, 15) is 4.79 Å². The zero-order chi connectivity index (χ0) is 15.5. The number of carbonyl (C=O) groups is 1. The summed E-state index contributed by atoms with van der Waals surface area (Å²) < 4.78 is 17.1. The molecule has 0 aliphatic carbocycles. The number of methoxy groups -OCH3 is 1. The molecule has 0 saturated carbocycles. The van der Waals surface area contributed by atoms with Crippen molar-refractivity contribution in [3.63, 3.8) is 0 Å². The summed E-state index contributed by atoms with van der Waals surface area (Å²) in [5.74, 6) is 0.0970. The predicted octanol–water partition coefficient (Wildman–Crippen LogP) is 2.05. The number of hydrogen-bond donors (Lipinski definition) is 1. The molecule has 0 spiro atoms. The summed E-state index contributed by atoms with van der Waals surface area (Å²) in [5.41, 5.74) is -0.749. The van der Waals surface area contributed by atoms with Crippen molar-refractivity contribution in [3.8, 4) is 0 Å². The molecule has 2 rings (SSSR count). The van der Waals surface area contributed by atoms with Crippen LogP contribution in [0.15, 0.2) is 0 Å². The van der Waals surface area contributed by atoms with Crippen molar-refractivity contribution in [2.24, 2.45) is 5.92 Å². The van der Waals surface area contributed by atoms with Gasteiger partial charge >= 0.3 is 5.97 Å². The molecule has 0 aromatic carbocycles. The topological polar surface area (TPSA) is 65.0 Å². The van der Waals surface area contributed by atoms with Crippen LogP contribution in [0.5, 0.6) is 0 Å². The third-order valence-electron chi connectivity index (χ3n) is 4.98. The average molecular weight is 300 g/mol. The third kappa shape index (κ3) is 3.76. The first kappa shape index (κ1) is 16.7. The fourth-order valence-electron chi connectivity index (χ4n) is 3.38. The molecular weight excluding hydrogens is 272 g/mol. The molecule has 0 amide bonds. The average Bonchev–Trinajstić information content (AvgIpc) is 2.84. The summed E-state index contributed by atoms with van der Waals surface area (Å²) >= 11 is 0. The molecule has 2 heterocycles. The Morgan fingerprint density at radius 1 is 1.52 bits per heavy atom. The van der Waals surface area contributed by atoms with Gasteiger partial charge in [0.2, 0.25) is 0 Å². The van der Waals surface area contributed by atoms with Crippen molar-refractivity contribution >= 4 is 5.97 Å². The lowest BCUT2D eigenvalue weighted by Gasteiger charge is -2.44. The van der Waals surface area contributed by atoms with Crippen LogP contribution in [-0.2, 0) is 19.0 Å². The monoisotopic (exact) mass is 300 g/mol. The summed E-state index contributed by atoms with van der Waals surface area (Å²) in [5, 5.41) is 9.08. The maximum atomic E-state index is 11.5. The van der Waals surface area contributed by atoms with Gasteiger partial charge in [0.05, 0.1) is 31.8 Å². The highest BCUT2D eigenvalue weighted by Crippen LogP contribution is 2.46. The fraction of sp³-hybridized carbons (Fsp3) is 0.938. The highest BCUT2D eigenvalue weighted by molar-refractivity contribution is 5.70. The SMILES string of the molecule is COC(=O)C[C@@]12CC[C@@H](O1)[C@](C)(CCCC(C)CO)OC2. The molecule has 0 aromatic rings. The van der Waals surface area contributed by atoms with Crippen LogP contribution in [0.25, 0.3) is 0 Å². The van der Waals surface area contributed by atoms with E-state index in [-0.39, 0.29) is 30.7 Å². The number of rotatable bonds is 7. The van der Waals surface area contributed by atoms with Crippen LogP contribution in [0.2, 0.25) is 0 Å². The molecule has 2 saturated heterocycles. The first-order chi connectivity index (χ1) is 9.93. The number of hydrogen-bond acceptors (Lipinski definition) is 5. The molecule has 0 radical (unpaired) electrons. The van der Waals surface area contributed by atoms with Gasteiger partial charge in [-0.2, -0.15) is 0 Å². The minimum atomic E-state index is -0.477. The molecule has 0 aromatic heterocycles. The van der Waals surface area contributed by atoms with Crippen LogP contribution < -0.4 is 0 Å². The zero-order valence-electron chi connectivity index (χ0n) is 13.4. The van der Waals surface area contributed by atoms with E-state index < -0.39 is 5.60 Å². The lowest BCUT2D eigenvalue weighted by Crippen LogP contribution is -2.53. The standard InChI is InChI=1S/C16H28O5/c1-12(10-17)5-4-7-15(2)13-6-8-16(21-13,11-20-15)9-14(18)19-3/h12-13,17H,4-11H2,1-3H3/t12?,13-,15+,16-/m1/s1. The quantitative estimate of drug-likeness (QED) is 0.729. The normalized spacial score (nSPS) is 36.5. The number of esters is 1. The highest BCUT2D eigenvalue weighted by atomic mass is 16.6. The fourth-order valence-corrected chi connectivity index (χ4v) is 3.38. The van der Waals surface area contributed by atoms with E-state index in [4.69, 9.17) is 19.3 Å². The Labute approximate surface area is 126 Å². The van der Waals surface area contributed by atoms with Crippen LogP contribution in [0.4, 0.5) is 0 Å². The second kappa shape index (κ2) is 6.63. The second-order valence-electron chi connectivity index (χ2n) is 6.86. The first-order valence-electron chi connectivity index (χ1n) is 7.92. The number of aliphatic hydroxyl groups excluding tert-OH is 1. The van der Waals surface area contributed by atoms with E-state index in [0.717, 1.165) is 32.1 Å². The Morgan fingerprint density at radius 3 is 2.95 bits per heavy atom. The van der Waals surface area contributed by atoms with Crippen molar-refractivity contribution < 1.29 is 24.1 Å². The molecule has 1 unspecified atom stereocenters. The Bertz CT molecular complexity index is 372. The summed E-state index contributed by atoms with van der Waals surface area (Å²) in [4.78, 5) is 11.5. The molecule has 5 nitrogen and oxygen atoms in total. The van der Waals surface area contributed by atoms with E-state index in [1.807, 2.05) is 0 Å². The maximum absolute atomic E-state index is 11.5. The predicted molar refractivity (Wildman–Crippen MR) is 77.9 cm³/mol. The summed E-state index contributed by atoms with van der Waals surface area (Å²) in [6, 6.07) is 0. The molecule has 1 N–H and O–H groups in total. The van der Waals surface area contributed by atoms with E-state index in [0.29, 0.717) is 12.5 Å². The summed E-state index contributed by atoms with van der Waals surface area (Å²) in [7, 11) is 1.40. The van der Waals surface area contributed by atoms with E-state index in [2.05, 4.69) is 13.8 Å². The lowest BCUT2D eigenvalue weighted by molar-refractivity contribution is -0.243. The Hall–Kier alpha value is -0.650. The van der Waals surface area contributed by atoms with Crippen LogP contribution >= 0.6 is 0 Å². The molecule has 21 heavy (non-hydrogen) atoms. The molecule has 122 valence electrons. The van der Waals surface area contributed by atoms with Gasteiger partial charge in [0.25, 0.3) is 0 Å². The largest absolute Gasteiger partial charge is 0.469 e. The van der Waals surface area contributed by atoms with Crippen LogP contribution in [0.1, 0.15) is 52.4 Å². The number of carbonyl (C=O) groups excluding carboxylic acids is 1. The number of fused-ring (bicyclic) bond motifs is 2. The maximum Gasteiger partial charge on any atom is 0.308 e. The van der Waals surface area contributed by atoms with Crippen molar-refractivity contribution in [1.29, 1.82) is 0 Å². The van der Waals surface area contributed by atoms with Crippen molar-refractivity contribution in [2.45, 2.75) is 69.7 Å². The van der Waals surface area contributed by atoms with Gasteiger partial charge in [-0.05, 0) is 38.5 Å². The van der Waals surface area contributed by atoms with Crippen LogP contribution in [0.3, 0.4) is 0 Å². The van der Waals surface area contributed by atoms with Gasteiger partial charge in [-0.15, -0.1) is 0 Å². The van der Waals surface area contributed by atoms with E-state index in [1.54, 1.807) is 0 Å². The van der Waals surface area contributed by atoms with Gasteiger partial charge in [0.1, 0.15) is 5.60 Å². The minimum absolute atomic E-state index is 0.0559. The zero-order valence-corrected chi connectivity index (χ0v) is 13.4. The number of ether oxygens (including phenoxy) is 3. The van der Waals surface area contributed by atoms with Gasteiger partial charge in [0, 0.05) is 6.61 Å². The Morgan fingerprint density at radius 2 is 2.29 bits per heavy atom. The molecule has 2 bridgehead atoms. The molecule has 5 heteroatoms. The van der Waals surface area contributed by atoms with Gasteiger partial charge in [-0.1, -0.05) is 13.3 Å². The van der Waals surface area contributed by atoms with Crippen molar-refractivity contribution in [1.82, 2.24) is 0 Å². The van der Waals surface area contributed by atoms with Crippen LogP contribution in [-0.4, -0.2) is 48.7 Å². The van der Waals surface area contributed by atoms with Gasteiger partial charge in [-0.25, -0.2) is 0 Å². The number of aliphatic hydroxyl groups is 1. The Kier molecular flexibility index (Phi) is 5.28. The second-order valence-corrected chi connectivity index (χ2v) is 6.86. The molecular formula is C16H28O5. The van der Waals surface area contributed by atoms with Crippen molar-refractivity contribution in [3.05, 3.63) is 0 Å². The van der Waals surface area contributed by atoms with Gasteiger partial charge in [-0.3, -0.25) is 4.79 Å². The van der Waals surface area contributed by atoms with Gasteiger partial charge in [0.15, 0.2) is 0 Å². The minimum Gasteiger partial charge on any atom is -0.469 e. The van der Waals surface area contributed by atoms with Gasteiger partial charge < -0.3 is 19.3 Å². The third-order valence-corrected chi connectivity index (χ3v) is 4.98. The lowest BCUT2D eigenvalue weighted by atomic mass is 9.89. The highest BCUT2D eigenvalue weighted by Gasteiger charge is 2.54. The first-order valence-corrected chi connectivity index (χ1v) is 7.92. The summed E-state index contributed by atoms with van der Waals surface area (Å²) in [6.45, 7) is 4.86. The molecule has 2 aliphatic rings. The van der Waals surface area contributed by atoms with E-state index in [1.165, 1.54) is 7.11 Å². The van der Waals surface area contributed by atoms with Crippen molar-refractivity contribution in [2.75, 3.05) is 20.3 Å². The smallest absolute Gasteiger partial charge is 0.308 e. The van der Waals surface area contributed by atoms with E-state index >= 15 is 0 Å². The molecule has 4 atom stereocenters. The van der Waals surface area contributed by atoms with Crippen LogP contribution in [0, 0.1) is 5.92 Å². The molecule has 2 fully saturated rings. The Balaban J connectivity index is 1.88.